The van der Waals surface area contributed by atoms with Gasteiger partial charge in [-0.05, 0) is 30.3 Å². The van der Waals surface area contributed by atoms with E-state index in [2.05, 4.69) is 10.3 Å². The van der Waals surface area contributed by atoms with Crippen molar-refractivity contribution >= 4 is 45.6 Å². The zero-order valence-corrected chi connectivity index (χ0v) is 16.2. The van der Waals surface area contributed by atoms with E-state index < -0.39 is 0 Å². The van der Waals surface area contributed by atoms with Crippen molar-refractivity contribution in [3.63, 3.8) is 0 Å². The lowest BCUT2D eigenvalue weighted by molar-refractivity contribution is 0.102. The van der Waals surface area contributed by atoms with Crippen molar-refractivity contribution in [1.29, 1.82) is 0 Å². The van der Waals surface area contributed by atoms with Gasteiger partial charge in [0.15, 0.2) is 16.6 Å². The number of hydrogen-bond donors (Lipinski definition) is 1. The van der Waals surface area contributed by atoms with Crippen LogP contribution < -0.4 is 14.8 Å². The van der Waals surface area contributed by atoms with Crippen LogP contribution in [0.3, 0.4) is 0 Å². The van der Waals surface area contributed by atoms with Crippen molar-refractivity contribution in [2.45, 2.75) is 0 Å². The average molecular weight is 409 g/mol. The smallest absolute Gasteiger partial charge is 0.261 e. The number of rotatable bonds is 5. The molecule has 0 aliphatic carbocycles. The number of carbonyl (C=O) groups excluding carboxylic acids is 1. The summed E-state index contributed by atoms with van der Waals surface area (Å²) in [5, 5.41) is 6.07. The molecule has 1 aromatic heterocycles. The van der Waals surface area contributed by atoms with Crippen molar-refractivity contribution in [2.24, 2.45) is 0 Å². The maximum absolute atomic E-state index is 12.6. The van der Waals surface area contributed by atoms with Crippen LogP contribution in [-0.2, 0) is 0 Å². The van der Waals surface area contributed by atoms with Gasteiger partial charge in [-0.25, -0.2) is 4.98 Å². The molecular weight excluding hydrogens is 395 g/mol. The number of benzene rings is 2. The number of halogens is 2. The first-order valence-corrected chi connectivity index (χ1v) is 9.10. The molecule has 0 bridgehead atoms. The van der Waals surface area contributed by atoms with E-state index in [4.69, 9.17) is 32.7 Å². The highest BCUT2D eigenvalue weighted by Crippen LogP contribution is 2.34. The Labute approximate surface area is 164 Å². The van der Waals surface area contributed by atoms with E-state index in [1.807, 2.05) is 5.38 Å². The standard InChI is InChI=1S/C18H14Cl2N2O3S/c1-24-15-5-3-4-12(16(15)25-2)17(23)22-18-21-14(9-26-18)11-7-6-10(19)8-13(11)20/h3-9H,1-2H3,(H,21,22,23). The van der Waals surface area contributed by atoms with Crippen LogP contribution in [0.4, 0.5) is 5.13 Å². The number of anilines is 1. The van der Waals surface area contributed by atoms with Crippen LogP contribution in [-0.4, -0.2) is 25.1 Å². The van der Waals surface area contributed by atoms with Crippen molar-refractivity contribution in [3.8, 4) is 22.8 Å². The number of amides is 1. The Kier molecular flexibility index (Phi) is 5.66. The Hall–Kier alpha value is -2.28. The molecule has 26 heavy (non-hydrogen) atoms. The highest BCUT2D eigenvalue weighted by atomic mass is 35.5. The summed E-state index contributed by atoms with van der Waals surface area (Å²) in [4.78, 5) is 17.0. The minimum Gasteiger partial charge on any atom is -0.493 e. The Morgan fingerprint density at radius 2 is 1.96 bits per heavy atom. The van der Waals surface area contributed by atoms with Gasteiger partial charge >= 0.3 is 0 Å². The number of thiazole rings is 1. The summed E-state index contributed by atoms with van der Waals surface area (Å²) in [5.41, 5.74) is 1.75. The van der Waals surface area contributed by atoms with Crippen molar-refractivity contribution in [3.05, 3.63) is 57.4 Å². The molecule has 0 aliphatic rings. The molecule has 0 saturated heterocycles. The third-order valence-corrected chi connectivity index (χ3v) is 4.88. The Morgan fingerprint density at radius 3 is 2.65 bits per heavy atom. The molecule has 134 valence electrons. The number of nitrogens with one attached hydrogen (secondary N) is 1. The summed E-state index contributed by atoms with van der Waals surface area (Å²) < 4.78 is 10.5. The van der Waals surface area contributed by atoms with Gasteiger partial charge in [-0.15, -0.1) is 11.3 Å². The van der Waals surface area contributed by atoms with E-state index in [0.717, 1.165) is 5.56 Å². The normalized spacial score (nSPS) is 10.5. The number of ether oxygens (including phenoxy) is 2. The molecule has 0 aliphatic heterocycles. The first-order chi connectivity index (χ1) is 12.5. The third kappa shape index (κ3) is 3.77. The second-order valence-electron chi connectivity index (χ2n) is 5.16. The zero-order chi connectivity index (χ0) is 18.7. The first kappa shape index (κ1) is 18.5. The quantitative estimate of drug-likeness (QED) is 0.614. The number of methoxy groups -OCH3 is 2. The van der Waals surface area contributed by atoms with E-state index in [9.17, 15) is 4.79 Å². The van der Waals surface area contributed by atoms with Gasteiger partial charge < -0.3 is 9.47 Å². The summed E-state index contributed by atoms with van der Waals surface area (Å²) >= 11 is 13.4. The van der Waals surface area contributed by atoms with Crippen LogP contribution >= 0.6 is 34.5 Å². The summed E-state index contributed by atoms with van der Waals surface area (Å²) in [6.07, 6.45) is 0. The fourth-order valence-corrected chi connectivity index (χ4v) is 3.59. The Morgan fingerprint density at radius 1 is 1.15 bits per heavy atom. The SMILES string of the molecule is COc1cccc(C(=O)Nc2nc(-c3ccc(Cl)cc3Cl)cs2)c1OC. The van der Waals surface area contributed by atoms with E-state index in [0.29, 0.717) is 37.9 Å². The zero-order valence-electron chi connectivity index (χ0n) is 13.9. The summed E-state index contributed by atoms with van der Waals surface area (Å²) in [6, 6.07) is 10.3. The fourth-order valence-electron chi connectivity index (χ4n) is 2.38. The Balaban J connectivity index is 1.85. The summed E-state index contributed by atoms with van der Waals surface area (Å²) in [6.45, 7) is 0. The van der Waals surface area contributed by atoms with Gasteiger partial charge in [-0.3, -0.25) is 10.1 Å². The molecule has 3 aromatic rings. The molecule has 2 aromatic carbocycles. The Bertz CT molecular complexity index is 959. The van der Waals surface area contributed by atoms with Crippen LogP contribution in [0.1, 0.15) is 10.4 Å². The predicted octanol–water partition coefficient (Wildman–Crippen LogP) is 5.39. The molecule has 0 unspecified atom stereocenters. The summed E-state index contributed by atoms with van der Waals surface area (Å²) in [7, 11) is 3.00. The van der Waals surface area contributed by atoms with Crippen molar-refractivity contribution in [2.75, 3.05) is 19.5 Å². The number of aromatic nitrogens is 1. The van der Waals surface area contributed by atoms with E-state index >= 15 is 0 Å². The maximum Gasteiger partial charge on any atom is 0.261 e. The molecule has 0 radical (unpaired) electrons. The molecule has 1 amide bonds. The monoisotopic (exact) mass is 408 g/mol. The van der Waals surface area contributed by atoms with Gasteiger partial charge in [0.05, 0.1) is 30.5 Å². The van der Waals surface area contributed by atoms with E-state index in [-0.39, 0.29) is 5.91 Å². The minimum absolute atomic E-state index is 0.344. The van der Waals surface area contributed by atoms with Gasteiger partial charge in [0.2, 0.25) is 0 Å². The molecular formula is C18H14Cl2N2O3S. The van der Waals surface area contributed by atoms with Crippen LogP contribution in [0, 0.1) is 0 Å². The van der Waals surface area contributed by atoms with Gasteiger partial charge in [-0.2, -0.15) is 0 Å². The molecule has 0 atom stereocenters. The van der Waals surface area contributed by atoms with E-state index in [1.165, 1.54) is 25.6 Å². The predicted molar refractivity (Wildman–Crippen MR) is 105 cm³/mol. The van der Waals surface area contributed by atoms with Gasteiger partial charge in [0.25, 0.3) is 5.91 Å². The molecule has 1 heterocycles. The fraction of sp³-hybridized carbons (Fsp3) is 0.111. The topological polar surface area (TPSA) is 60.5 Å². The average Bonchev–Trinajstić information content (AvgIpc) is 3.08. The van der Waals surface area contributed by atoms with Crippen molar-refractivity contribution in [1.82, 2.24) is 4.98 Å². The molecule has 5 nitrogen and oxygen atoms in total. The molecule has 0 saturated carbocycles. The highest BCUT2D eigenvalue weighted by Gasteiger charge is 2.18. The van der Waals surface area contributed by atoms with Crippen molar-refractivity contribution < 1.29 is 14.3 Å². The number of para-hydroxylation sites is 1. The van der Waals surface area contributed by atoms with Gasteiger partial charge in [0, 0.05) is 16.0 Å². The van der Waals surface area contributed by atoms with Gasteiger partial charge in [-0.1, -0.05) is 29.3 Å². The lowest BCUT2D eigenvalue weighted by Gasteiger charge is -2.11. The minimum atomic E-state index is -0.344. The lowest BCUT2D eigenvalue weighted by Crippen LogP contribution is -2.13. The molecule has 3 rings (SSSR count). The first-order valence-electron chi connectivity index (χ1n) is 7.46. The second-order valence-corrected chi connectivity index (χ2v) is 6.86. The maximum atomic E-state index is 12.6. The van der Waals surface area contributed by atoms with Gasteiger partial charge in [0.1, 0.15) is 0 Å². The summed E-state index contributed by atoms with van der Waals surface area (Å²) in [5.74, 6) is 0.502. The number of nitrogens with zero attached hydrogens (tertiary/aromatic N) is 1. The molecule has 0 fully saturated rings. The molecule has 0 spiro atoms. The second kappa shape index (κ2) is 7.95. The number of carbonyl (C=O) groups is 1. The van der Waals surface area contributed by atoms with E-state index in [1.54, 1.807) is 36.4 Å². The lowest BCUT2D eigenvalue weighted by atomic mass is 10.1. The largest absolute Gasteiger partial charge is 0.493 e. The molecule has 1 N–H and O–H groups in total. The third-order valence-electron chi connectivity index (χ3n) is 3.58. The molecule has 8 heteroatoms. The van der Waals surface area contributed by atoms with Crippen LogP contribution in [0.2, 0.25) is 10.0 Å². The van der Waals surface area contributed by atoms with Crippen LogP contribution in [0.25, 0.3) is 11.3 Å². The van der Waals surface area contributed by atoms with Crippen LogP contribution in [0.5, 0.6) is 11.5 Å². The van der Waals surface area contributed by atoms with Crippen LogP contribution in [0.15, 0.2) is 41.8 Å². The number of hydrogen-bond acceptors (Lipinski definition) is 5. The highest BCUT2D eigenvalue weighted by molar-refractivity contribution is 7.14.